The average molecular weight is 308 g/mol. The summed E-state index contributed by atoms with van der Waals surface area (Å²) in [6.07, 6.45) is 0. The zero-order chi connectivity index (χ0) is 13.1. The highest BCUT2D eigenvalue weighted by Gasteiger charge is 2.24. The Labute approximate surface area is 121 Å². The number of anilines is 1. The number of hydrogen-bond acceptors (Lipinski definition) is 2. The van der Waals surface area contributed by atoms with Crippen LogP contribution in [0.4, 0.5) is 5.69 Å². The summed E-state index contributed by atoms with van der Waals surface area (Å²) in [5, 5.41) is 0.722. The fraction of sp³-hybridized carbons (Fsp3) is 0.417. The highest BCUT2D eigenvalue weighted by Crippen LogP contribution is 2.20. The first-order chi connectivity index (χ1) is 8.58. The van der Waals surface area contributed by atoms with Crippen molar-refractivity contribution in [3.63, 3.8) is 0 Å². The SMILES string of the molecule is O=C(C(Cl)Cl)N1CCN(c2ccc(Cl)cc2)CC1. The zero-order valence-electron chi connectivity index (χ0n) is 9.65. The predicted molar refractivity (Wildman–Crippen MR) is 75.7 cm³/mol. The number of alkyl halides is 2. The van der Waals surface area contributed by atoms with Crippen LogP contribution in [0.25, 0.3) is 0 Å². The fourth-order valence-electron chi connectivity index (χ4n) is 1.97. The molecule has 1 fully saturated rings. The second kappa shape index (κ2) is 6.00. The van der Waals surface area contributed by atoms with Crippen LogP contribution in [0, 0.1) is 0 Å². The van der Waals surface area contributed by atoms with Crippen molar-refractivity contribution in [3.8, 4) is 0 Å². The van der Waals surface area contributed by atoms with Gasteiger partial charge in [-0.25, -0.2) is 0 Å². The number of carbonyl (C=O) groups excluding carboxylic acids is 1. The zero-order valence-corrected chi connectivity index (χ0v) is 11.9. The molecule has 1 aliphatic heterocycles. The summed E-state index contributed by atoms with van der Waals surface area (Å²) in [5.41, 5.74) is 1.11. The Morgan fingerprint density at radius 3 is 2.11 bits per heavy atom. The molecule has 98 valence electrons. The van der Waals surface area contributed by atoms with Crippen LogP contribution in [0.5, 0.6) is 0 Å². The highest BCUT2D eigenvalue weighted by atomic mass is 35.5. The monoisotopic (exact) mass is 306 g/mol. The molecule has 0 N–H and O–H groups in total. The van der Waals surface area contributed by atoms with Crippen molar-refractivity contribution in [2.75, 3.05) is 31.1 Å². The van der Waals surface area contributed by atoms with Crippen LogP contribution in [0.3, 0.4) is 0 Å². The minimum Gasteiger partial charge on any atom is -0.368 e. The van der Waals surface area contributed by atoms with E-state index >= 15 is 0 Å². The van der Waals surface area contributed by atoms with Gasteiger partial charge in [0.05, 0.1) is 0 Å². The van der Waals surface area contributed by atoms with Crippen molar-refractivity contribution in [1.29, 1.82) is 0 Å². The van der Waals surface area contributed by atoms with E-state index in [1.165, 1.54) is 0 Å². The third-order valence-corrected chi connectivity index (χ3v) is 3.60. The maximum atomic E-state index is 11.6. The smallest absolute Gasteiger partial charge is 0.255 e. The van der Waals surface area contributed by atoms with Gasteiger partial charge in [-0.1, -0.05) is 34.8 Å². The molecule has 1 aliphatic rings. The highest BCUT2D eigenvalue weighted by molar-refractivity contribution is 6.53. The summed E-state index contributed by atoms with van der Waals surface area (Å²) in [6.45, 7) is 2.82. The molecule has 18 heavy (non-hydrogen) atoms. The molecule has 1 aromatic carbocycles. The molecule has 6 heteroatoms. The molecule has 0 radical (unpaired) electrons. The molecular weight excluding hydrogens is 295 g/mol. The molecule has 0 aromatic heterocycles. The molecule has 1 saturated heterocycles. The third-order valence-electron chi connectivity index (χ3n) is 2.97. The molecular formula is C12H13Cl3N2O. The van der Waals surface area contributed by atoms with Crippen molar-refractivity contribution >= 4 is 46.4 Å². The first-order valence-electron chi connectivity index (χ1n) is 5.65. The predicted octanol–water partition coefficient (Wildman–Crippen LogP) is 2.79. The maximum Gasteiger partial charge on any atom is 0.255 e. The lowest BCUT2D eigenvalue weighted by atomic mass is 10.2. The fourth-order valence-corrected chi connectivity index (χ4v) is 2.38. The first kappa shape index (κ1) is 13.8. The molecule has 0 saturated carbocycles. The number of nitrogens with zero attached hydrogens (tertiary/aromatic N) is 2. The van der Waals surface area contributed by atoms with E-state index in [4.69, 9.17) is 34.8 Å². The topological polar surface area (TPSA) is 23.6 Å². The summed E-state index contributed by atoms with van der Waals surface area (Å²) in [6, 6.07) is 7.68. The van der Waals surface area contributed by atoms with E-state index in [2.05, 4.69) is 4.90 Å². The minimum atomic E-state index is -0.966. The largest absolute Gasteiger partial charge is 0.368 e. The number of halogens is 3. The molecule has 0 unspecified atom stereocenters. The van der Waals surface area contributed by atoms with E-state index in [1.807, 2.05) is 24.3 Å². The van der Waals surface area contributed by atoms with E-state index in [0.29, 0.717) is 13.1 Å². The van der Waals surface area contributed by atoms with Crippen molar-refractivity contribution < 1.29 is 4.79 Å². The number of benzene rings is 1. The molecule has 1 amide bonds. The van der Waals surface area contributed by atoms with E-state index in [-0.39, 0.29) is 5.91 Å². The number of amides is 1. The lowest BCUT2D eigenvalue weighted by Crippen LogP contribution is -2.50. The van der Waals surface area contributed by atoms with Gasteiger partial charge in [0.15, 0.2) is 4.84 Å². The van der Waals surface area contributed by atoms with E-state index in [0.717, 1.165) is 23.8 Å². The Balaban J connectivity index is 1.94. The van der Waals surface area contributed by atoms with Crippen LogP contribution in [-0.2, 0) is 4.79 Å². The number of rotatable bonds is 2. The number of piperazine rings is 1. The van der Waals surface area contributed by atoms with E-state index in [1.54, 1.807) is 4.90 Å². The van der Waals surface area contributed by atoms with E-state index in [9.17, 15) is 4.79 Å². The van der Waals surface area contributed by atoms with Crippen LogP contribution in [0.1, 0.15) is 0 Å². The quantitative estimate of drug-likeness (QED) is 0.785. The maximum absolute atomic E-state index is 11.6. The average Bonchev–Trinajstić information content (AvgIpc) is 2.39. The summed E-state index contributed by atoms with van der Waals surface area (Å²) >= 11 is 17.0. The summed E-state index contributed by atoms with van der Waals surface area (Å²) < 4.78 is 0. The van der Waals surface area contributed by atoms with E-state index < -0.39 is 4.84 Å². The number of hydrogen-bond donors (Lipinski definition) is 0. The standard InChI is InChI=1S/C12H13Cl3N2O/c13-9-1-3-10(4-2-9)16-5-7-17(8-6-16)12(18)11(14)15/h1-4,11H,5-8H2. The molecule has 3 nitrogen and oxygen atoms in total. The molecule has 0 bridgehead atoms. The first-order valence-corrected chi connectivity index (χ1v) is 6.90. The van der Waals surface area contributed by atoms with Gasteiger partial charge < -0.3 is 9.80 Å². The van der Waals surface area contributed by atoms with Crippen molar-refractivity contribution in [2.45, 2.75) is 4.84 Å². The second-order valence-electron chi connectivity index (χ2n) is 4.09. The van der Waals surface area contributed by atoms with Gasteiger partial charge in [-0.15, -0.1) is 0 Å². The van der Waals surface area contributed by atoms with Gasteiger partial charge in [-0.2, -0.15) is 0 Å². The van der Waals surface area contributed by atoms with Gasteiger partial charge in [0.2, 0.25) is 0 Å². The molecule has 2 rings (SSSR count). The van der Waals surface area contributed by atoms with Gasteiger partial charge in [0.1, 0.15) is 0 Å². The van der Waals surface area contributed by atoms with Crippen molar-refractivity contribution in [2.24, 2.45) is 0 Å². The van der Waals surface area contributed by atoms with Crippen LogP contribution in [0.15, 0.2) is 24.3 Å². The Morgan fingerprint density at radius 2 is 1.61 bits per heavy atom. The summed E-state index contributed by atoms with van der Waals surface area (Å²) in [7, 11) is 0. The summed E-state index contributed by atoms with van der Waals surface area (Å²) in [4.78, 5) is 14.5. The third kappa shape index (κ3) is 3.22. The van der Waals surface area contributed by atoms with Crippen LogP contribution < -0.4 is 4.90 Å². The number of carbonyl (C=O) groups is 1. The normalized spacial score (nSPS) is 16.2. The lowest BCUT2D eigenvalue weighted by Gasteiger charge is -2.36. The molecule has 1 heterocycles. The molecule has 1 aromatic rings. The Hall–Kier alpha value is -0.640. The van der Waals surface area contributed by atoms with Gasteiger partial charge in [0, 0.05) is 36.9 Å². The van der Waals surface area contributed by atoms with Crippen LogP contribution >= 0.6 is 34.8 Å². The van der Waals surface area contributed by atoms with Gasteiger partial charge >= 0.3 is 0 Å². The Kier molecular flexibility index (Phi) is 4.60. The molecule has 0 spiro atoms. The van der Waals surface area contributed by atoms with Crippen molar-refractivity contribution in [3.05, 3.63) is 29.3 Å². The molecule has 0 atom stereocenters. The second-order valence-corrected chi connectivity index (χ2v) is 5.62. The Morgan fingerprint density at radius 1 is 1.06 bits per heavy atom. The Bertz CT molecular complexity index is 414. The lowest BCUT2D eigenvalue weighted by molar-refractivity contribution is -0.129. The van der Waals surface area contributed by atoms with Crippen LogP contribution in [-0.4, -0.2) is 41.8 Å². The van der Waals surface area contributed by atoms with Crippen LogP contribution in [0.2, 0.25) is 5.02 Å². The minimum absolute atomic E-state index is 0.214. The summed E-state index contributed by atoms with van der Waals surface area (Å²) in [5.74, 6) is -0.214. The molecule has 0 aliphatic carbocycles. The van der Waals surface area contributed by atoms with Crippen molar-refractivity contribution in [1.82, 2.24) is 4.90 Å². The van der Waals surface area contributed by atoms with Gasteiger partial charge in [-0.3, -0.25) is 4.79 Å². The van der Waals surface area contributed by atoms with Gasteiger partial charge in [-0.05, 0) is 24.3 Å². The van der Waals surface area contributed by atoms with Gasteiger partial charge in [0.25, 0.3) is 5.91 Å².